The van der Waals surface area contributed by atoms with Gasteiger partial charge in [0.2, 0.25) is 10.0 Å². The number of aliphatic carboxylic acids is 1. The summed E-state index contributed by atoms with van der Waals surface area (Å²) in [6.07, 6.45) is 5.48. The number of aromatic nitrogens is 1. The van der Waals surface area contributed by atoms with Crippen LogP contribution in [0.4, 0.5) is 0 Å². The summed E-state index contributed by atoms with van der Waals surface area (Å²) >= 11 is 0. The molecule has 1 aromatic heterocycles. The van der Waals surface area contributed by atoms with Crippen molar-refractivity contribution in [1.82, 2.24) is 9.71 Å². The highest BCUT2D eigenvalue weighted by Crippen LogP contribution is 2.26. The number of hydrogen-bond donors (Lipinski definition) is 2. The monoisotopic (exact) mass is 360 g/mol. The molecule has 1 aromatic carbocycles. The van der Waals surface area contributed by atoms with Gasteiger partial charge in [0.1, 0.15) is 0 Å². The Kier molecular flexibility index (Phi) is 5.15. The zero-order chi connectivity index (χ0) is 17.9. The van der Waals surface area contributed by atoms with Crippen LogP contribution in [0, 0.1) is 5.92 Å². The van der Waals surface area contributed by atoms with E-state index in [0.717, 1.165) is 11.1 Å². The number of sulfonamides is 1. The highest BCUT2D eigenvalue weighted by Gasteiger charge is 2.28. The molecule has 0 amide bonds. The van der Waals surface area contributed by atoms with Gasteiger partial charge in [-0.2, -0.15) is 0 Å². The smallest absolute Gasteiger partial charge is 0.306 e. The van der Waals surface area contributed by atoms with Crippen LogP contribution in [0.15, 0.2) is 53.7 Å². The van der Waals surface area contributed by atoms with Gasteiger partial charge >= 0.3 is 5.97 Å². The normalized spacial score (nSPS) is 21.0. The second kappa shape index (κ2) is 7.33. The Morgan fingerprint density at radius 1 is 0.960 bits per heavy atom. The topological polar surface area (TPSA) is 96.4 Å². The van der Waals surface area contributed by atoms with Gasteiger partial charge in [-0.3, -0.25) is 9.78 Å². The Balaban J connectivity index is 1.67. The summed E-state index contributed by atoms with van der Waals surface area (Å²) in [5, 5.41) is 9.01. The molecule has 0 radical (unpaired) electrons. The molecule has 1 fully saturated rings. The molecule has 7 heteroatoms. The first-order valence-corrected chi connectivity index (χ1v) is 9.69. The molecule has 1 aliphatic carbocycles. The third-order valence-corrected chi connectivity index (χ3v) is 6.11. The molecule has 3 rings (SSSR count). The molecule has 1 saturated carbocycles. The molecule has 0 aliphatic heterocycles. The number of carboxylic acids is 1. The van der Waals surface area contributed by atoms with Crippen LogP contribution in [-0.2, 0) is 14.8 Å². The van der Waals surface area contributed by atoms with Crippen molar-refractivity contribution in [3.05, 3.63) is 48.8 Å². The molecule has 6 nitrogen and oxygen atoms in total. The van der Waals surface area contributed by atoms with Gasteiger partial charge < -0.3 is 5.11 Å². The number of carbonyl (C=O) groups is 1. The minimum Gasteiger partial charge on any atom is -0.481 e. The van der Waals surface area contributed by atoms with E-state index in [1.807, 2.05) is 12.1 Å². The fraction of sp³-hybridized carbons (Fsp3) is 0.333. The Bertz CT molecular complexity index is 827. The van der Waals surface area contributed by atoms with Gasteiger partial charge in [0, 0.05) is 18.4 Å². The van der Waals surface area contributed by atoms with Crippen molar-refractivity contribution in [2.45, 2.75) is 36.6 Å². The van der Waals surface area contributed by atoms with Gasteiger partial charge in [0.15, 0.2) is 0 Å². The average molecular weight is 360 g/mol. The van der Waals surface area contributed by atoms with Crippen LogP contribution >= 0.6 is 0 Å². The first-order chi connectivity index (χ1) is 12.0. The third kappa shape index (κ3) is 4.24. The van der Waals surface area contributed by atoms with E-state index < -0.39 is 16.0 Å². The van der Waals surface area contributed by atoms with Crippen molar-refractivity contribution >= 4 is 16.0 Å². The molecule has 0 unspecified atom stereocenters. The summed E-state index contributed by atoms with van der Waals surface area (Å²) in [5.41, 5.74) is 1.89. The first-order valence-electron chi connectivity index (χ1n) is 8.21. The Labute approximate surface area is 147 Å². The third-order valence-electron chi connectivity index (χ3n) is 4.58. The van der Waals surface area contributed by atoms with Gasteiger partial charge in [0.05, 0.1) is 10.8 Å². The molecule has 0 spiro atoms. The number of benzene rings is 1. The maximum Gasteiger partial charge on any atom is 0.306 e. The SMILES string of the molecule is O=C(O)[C@H]1CC[C@H](NS(=O)(=O)c2ccc(-c3ccncc3)cc2)CC1. The first kappa shape index (κ1) is 17.6. The van der Waals surface area contributed by atoms with Crippen LogP contribution in [0.2, 0.25) is 0 Å². The van der Waals surface area contributed by atoms with Crippen LogP contribution in [0.1, 0.15) is 25.7 Å². The molecule has 0 atom stereocenters. The molecule has 0 saturated heterocycles. The van der Waals surface area contributed by atoms with E-state index in [-0.39, 0.29) is 16.9 Å². The summed E-state index contributed by atoms with van der Waals surface area (Å²) in [7, 11) is -3.61. The van der Waals surface area contributed by atoms with Crippen LogP contribution in [-0.4, -0.2) is 30.5 Å². The lowest BCUT2D eigenvalue weighted by Crippen LogP contribution is -2.38. The van der Waals surface area contributed by atoms with Crippen molar-refractivity contribution < 1.29 is 18.3 Å². The largest absolute Gasteiger partial charge is 0.481 e. The highest BCUT2D eigenvalue weighted by molar-refractivity contribution is 7.89. The summed E-state index contributed by atoms with van der Waals surface area (Å²) in [5.74, 6) is -1.16. The molecule has 2 N–H and O–H groups in total. The van der Waals surface area contributed by atoms with Crippen LogP contribution in [0.3, 0.4) is 0 Å². The number of pyridine rings is 1. The summed E-state index contributed by atoms with van der Waals surface area (Å²) in [6.45, 7) is 0. The lowest BCUT2D eigenvalue weighted by Gasteiger charge is -2.26. The molecular formula is C18H20N2O4S. The Hall–Kier alpha value is -2.25. The van der Waals surface area contributed by atoms with E-state index in [2.05, 4.69) is 9.71 Å². The fourth-order valence-corrected chi connectivity index (χ4v) is 4.42. The number of hydrogen-bond acceptors (Lipinski definition) is 4. The minimum absolute atomic E-state index is 0.208. The molecule has 0 bridgehead atoms. The van der Waals surface area contributed by atoms with E-state index in [0.29, 0.717) is 25.7 Å². The predicted molar refractivity (Wildman–Crippen MR) is 93.4 cm³/mol. The lowest BCUT2D eigenvalue weighted by atomic mass is 9.87. The van der Waals surface area contributed by atoms with Gasteiger partial charge in [-0.05, 0) is 61.1 Å². The van der Waals surface area contributed by atoms with Gasteiger partial charge in [-0.1, -0.05) is 12.1 Å². The maximum absolute atomic E-state index is 12.5. The minimum atomic E-state index is -3.61. The van der Waals surface area contributed by atoms with Gasteiger partial charge in [0.25, 0.3) is 0 Å². The van der Waals surface area contributed by atoms with E-state index in [1.165, 1.54) is 0 Å². The van der Waals surface area contributed by atoms with Crippen molar-refractivity contribution in [2.75, 3.05) is 0 Å². The maximum atomic E-state index is 12.5. The second-order valence-corrected chi connectivity index (χ2v) is 7.98. The molecule has 25 heavy (non-hydrogen) atoms. The van der Waals surface area contributed by atoms with Crippen molar-refractivity contribution in [1.29, 1.82) is 0 Å². The fourth-order valence-electron chi connectivity index (χ4n) is 3.12. The van der Waals surface area contributed by atoms with Crippen molar-refractivity contribution in [3.8, 4) is 11.1 Å². The van der Waals surface area contributed by atoms with Crippen LogP contribution in [0.25, 0.3) is 11.1 Å². The zero-order valence-electron chi connectivity index (χ0n) is 13.6. The molecule has 2 aromatic rings. The van der Waals surface area contributed by atoms with Crippen LogP contribution in [0.5, 0.6) is 0 Å². The van der Waals surface area contributed by atoms with Gasteiger partial charge in [-0.15, -0.1) is 0 Å². The summed E-state index contributed by atoms with van der Waals surface area (Å²) in [6, 6.07) is 10.2. The number of rotatable bonds is 5. The quantitative estimate of drug-likeness (QED) is 0.854. The highest BCUT2D eigenvalue weighted by atomic mass is 32.2. The molecule has 1 aliphatic rings. The van der Waals surface area contributed by atoms with Crippen molar-refractivity contribution in [3.63, 3.8) is 0 Å². The van der Waals surface area contributed by atoms with E-state index >= 15 is 0 Å². The van der Waals surface area contributed by atoms with E-state index in [4.69, 9.17) is 5.11 Å². The van der Waals surface area contributed by atoms with E-state index in [9.17, 15) is 13.2 Å². The van der Waals surface area contributed by atoms with Gasteiger partial charge in [-0.25, -0.2) is 13.1 Å². The molecule has 132 valence electrons. The number of carboxylic acid groups (broad SMARTS) is 1. The summed E-state index contributed by atoms with van der Waals surface area (Å²) in [4.78, 5) is 15.2. The number of nitrogens with one attached hydrogen (secondary N) is 1. The molecular weight excluding hydrogens is 340 g/mol. The summed E-state index contributed by atoms with van der Waals surface area (Å²) < 4.78 is 27.8. The van der Waals surface area contributed by atoms with Crippen molar-refractivity contribution in [2.24, 2.45) is 5.92 Å². The standard InChI is InChI=1S/C18H20N2O4S/c21-18(22)15-1-5-16(6-2-15)20-25(23,24)17-7-3-13(4-8-17)14-9-11-19-12-10-14/h3-4,7-12,15-16,20H,1-2,5-6H2,(H,21,22)/t15-,16-. The Morgan fingerprint density at radius 3 is 2.08 bits per heavy atom. The zero-order valence-corrected chi connectivity index (χ0v) is 14.4. The average Bonchev–Trinajstić information content (AvgIpc) is 2.63. The lowest BCUT2D eigenvalue weighted by molar-refractivity contribution is -0.142. The van der Waals surface area contributed by atoms with E-state index in [1.54, 1.807) is 36.7 Å². The second-order valence-electron chi connectivity index (χ2n) is 6.27. The molecule has 1 heterocycles. The predicted octanol–water partition coefficient (Wildman–Crippen LogP) is 2.67. The Morgan fingerprint density at radius 2 is 1.52 bits per heavy atom. The number of nitrogens with zero attached hydrogens (tertiary/aromatic N) is 1. The van der Waals surface area contributed by atoms with Crippen LogP contribution < -0.4 is 4.72 Å².